The number of esters is 1. The molecule has 0 atom stereocenters. The van der Waals surface area contributed by atoms with E-state index in [9.17, 15) is 4.79 Å². The fourth-order valence-electron chi connectivity index (χ4n) is 2.44. The SMILES string of the molecule is CCOC(=O)CCCCCn1ccc2cccc(N)c21. The number of unbranched alkanes of at least 4 members (excludes halogenated alkanes) is 2. The summed E-state index contributed by atoms with van der Waals surface area (Å²) in [5.74, 6) is -0.0943. The molecular formula is C16H22N2O2. The molecular weight excluding hydrogens is 252 g/mol. The number of hydrogen-bond donors (Lipinski definition) is 1. The molecule has 1 aromatic heterocycles. The summed E-state index contributed by atoms with van der Waals surface area (Å²) in [5.41, 5.74) is 7.95. The third-order valence-electron chi connectivity index (χ3n) is 3.40. The smallest absolute Gasteiger partial charge is 0.305 e. The van der Waals surface area contributed by atoms with Crippen LogP contribution in [0.2, 0.25) is 0 Å². The van der Waals surface area contributed by atoms with E-state index in [4.69, 9.17) is 10.5 Å². The highest BCUT2D eigenvalue weighted by Crippen LogP contribution is 2.22. The quantitative estimate of drug-likeness (QED) is 0.478. The normalized spacial score (nSPS) is 10.8. The summed E-state index contributed by atoms with van der Waals surface area (Å²) in [7, 11) is 0. The van der Waals surface area contributed by atoms with Crippen molar-refractivity contribution in [2.45, 2.75) is 39.2 Å². The molecule has 0 aliphatic rings. The van der Waals surface area contributed by atoms with Gasteiger partial charge in [0.2, 0.25) is 0 Å². The number of anilines is 1. The van der Waals surface area contributed by atoms with E-state index in [1.165, 1.54) is 5.39 Å². The van der Waals surface area contributed by atoms with Crippen molar-refractivity contribution in [2.75, 3.05) is 12.3 Å². The van der Waals surface area contributed by atoms with Crippen LogP contribution in [0, 0.1) is 0 Å². The summed E-state index contributed by atoms with van der Waals surface area (Å²) in [5, 5.41) is 1.18. The molecule has 0 spiro atoms. The van der Waals surface area contributed by atoms with Crippen LogP contribution in [0.15, 0.2) is 30.5 Å². The van der Waals surface area contributed by atoms with Crippen LogP contribution in [0.3, 0.4) is 0 Å². The van der Waals surface area contributed by atoms with Crippen LogP contribution in [0.4, 0.5) is 5.69 Å². The van der Waals surface area contributed by atoms with Gasteiger partial charge in [0, 0.05) is 24.5 Å². The molecule has 0 aliphatic carbocycles. The number of carbonyl (C=O) groups is 1. The van der Waals surface area contributed by atoms with Crippen molar-refractivity contribution in [3.63, 3.8) is 0 Å². The van der Waals surface area contributed by atoms with Gasteiger partial charge in [-0.25, -0.2) is 0 Å². The Morgan fingerprint density at radius 3 is 2.90 bits per heavy atom. The minimum Gasteiger partial charge on any atom is -0.466 e. The topological polar surface area (TPSA) is 57.2 Å². The van der Waals surface area contributed by atoms with Crippen LogP contribution in [-0.2, 0) is 16.1 Å². The first kappa shape index (κ1) is 14.4. The van der Waals surface area contributed by atoms with Crippen molar-refractivity contribution >= 4 is 22.6 Å². The summed E-state index contributed by atoms with van der Waals surface area (Å²) in [4.78, 5) is 11.2. The lowest BCUT2D eigenvalue weighted by Crippen LogP contribution is -2.04. The maximum absolute atomic E-state index is 11.2. The number of benzene rings is 1. The van der Waals surface area contributed by atoms with Gasteiger partial charge in [0.05, 0.1) is 17.8 Å². The van der Waals surface area contributed by atoms with Crippen molar-refractivity contribution in [2.24, 2.45) is 0 Å². The molecule has 0 fully saturated rings. The van der Waals surface area contributed by atoms with Crippen LogP contribution in [0.1, 0.15) is 32.6 Å². The fourth-order valence-corrected chi connectivity index (χ4v) is 2.44. The van der Waals surface area contributed by atoms with Gasteiger partial charge in [0.1, 0.15) is 0 Å². The first-order chi connectivity index (χ1) is 9.72. The average molecular weight is 274 g/mol. The molecule has 1 aromatic carbocycles. The van der Waals surface area contributed by atoms with Gasteiger partial charge in [-0.3, -0.25) is 4.79 Å². The lowest BCUT2D eigenvalue weighted by molar-refractivity contribution is -0.143. The maximum Gasteiger partial charge on any atom is 0.305 e. The second-order valence-corrected chi connectivity index (χ2v) is 4.91. The highest BCUT2D eigenvalue weighted by molar-refractivity contribution is 5.90. The van der Waals surface area contributed by atoms with Crippen LogP contribution in [0.25, 0.3) is 10.9 Å². The molecule has 1 heterocycles. The second kappa shape index (κ2) is 6.98. The molecule has 2 rings (SSSR count). The van der Waals surface area contributed by atoms with E-state index in [0.717, 1.165) is 37.0 Å². The third-order valence-corrected chi connectivity index (χ3v) is 3.40. The van der Waals surface area contributed by atoms with Gasteiger partial charge in [-0.1, -0.05) is 18.6 Å². The Labute approximate surface area is 119 Å². The van der Waals surface area contributed by atoms with Gasteiger partial charge in [-0.15, -0.1) is 0 Å². The number of rotatable bonds is 7. The first-order valence-electron chi connectivity index (χ1n) is 7.21. The number of aryl methyl sites for hydroxylation is 1. The molecule has 108 valence electrons. The summed E-state index contributed by atoms with van der Waals surface area (Å²) in [6.45, 7) is 3.23. The van der Waals surface area contributed by atoms with E-state index in [1.807, 2.05) is 19.1 Å². The minimum atomic E-state index is -0.0943. The predicted octanol–water partition coefficient (Wildman–Crippen LogP) is 3.35. The number of fused-ring (bicyclic) bond motifs is 1. The molecule has 0 saturated carbocycles. The Morgan fingerprint density at radius 2 is 2.10 bits per heavy atom. The molecule has 4 nitrogen and oxygen atoms in total. The zero-order chi connectivity index (χ0) is 14.4. The largest absolute Gasteiger partial charge is 0.466 e. The minimum absolute atomic E-state index is 0.0943. The van der Waals surface area contributed by atoms with Crippen LogP contribution in [-0.4, -0.2) is 17.1 Å². The van der Waals surface area contributed by atoms with Crippen LogP contribution in [0.5, 0.6) is 0 Å². The molecule has 2 aromatic rings. The molecule has 20 heavy (non-hydrogen) atoms. The van der Waals surface area contributed by atoms with Gasteiger partial charge in [-0.2, -0.15) is 0 Å². The van der Waals surface area contributed by atoms with Gasteiger partial charge >= 0.3 is 5.97 Å². The Hall–Kier alpha value is -1.97. The monoisotopic (exact) mass is 274 g/mol. The first-order valence-corrected chi connectivity index (χ1v) is 7.21. The zero-order valence-corrected chi connectivity index (χ0v) is 12.0. The molecule has 0 amide bonds. The van der Waals surface area contributed by atoms with Gasteiger partial charge in [0.15, 0.2) is 0 Å². The van der Waals surface area contributed by atoms with Gasteiger partial charge in [0.25, 0.3) is 0 Å². The lowest BCUT2D eigenvalue weighted by Gasteiger charge is -2.07. The third kappa shape index (κ3) is 3.53. The summed E-state index contributed by atoms with van der Waals surface area (Å²) >= 11 is 0. The fraction of sp³-hybridized carbons (Fsp3) is 0.438. The Bertz CT molecular complexity index is 575. The highest BCUT2D eigenvalue weighted by Gasteiger charge is 2.04. The number of carbonyl (C=O) groups excluding carboxylic acids is 1. The highest BCUT2D eigenvalue weighted by atomic mass is 16.5. The lowest BCUT2D eigenvalue weighted by atomic mass is 10.2. The van der Waals surface area contributed by atoms with Crippen molar-refractivity contribution in [3.8, 4) is 0 Å². The summed E-state index contributed by atoms with van der Waals surface area (Å²) in [6.07, 6.45) is 5.53. The van der Waals surface area contributed by atoms with E-state index in [1.54, 1.807) is 0 Å². The van der Waals surface area contributed by atoms with Crippen molar-refractivity contribution in [1.29, 1.82) is 0 Å². The number of ether oxygens (including phenoxy) is 1. The number of nitrogen functional groups attached to an aromatic ring is 1. The molecule has 0 radical (unpaired) electrons. The van der Waals surface area contributed by atoms with Crippen molar-refractivity contribution in [1.82, 2.24) is 4.57 Å². The van der Waals surface area contributed by atoms with Crippen molar-refractivity contribution < 1.29 is 9.53 Å². The number of nitrogens with two attached hydrogens (primary N) is 1. The van der Waals surface area contributed by atoms with Gasteiger partial charge in [-0.05, 0) is 31.9 Å². The van der Waals surface area contributed by atoms with Crippen LogP contribution >= 0.6 is 0 Å². The van der Waals surface area contributed by atoms with Crippen LogP contribution < -0.4 is 5.73 Å². The predicted molar refractivity (Wildman–Crippen MR) is 81.5 cm³/mol. The average Bonchev–Trinajstić information content (AvgIpc) is 2.83. The Morgan fingerprint density at radius 1 is 1.25 bits per heavy atom. The standard InChI is InChI=1S/C16H22N2O2/c1-2-20-15(19)9-4-3-5-11-18-12-10-13-7-6-8-14(17)16(13)18/h6-8,10,12H,2-5,9,11,17H2,1H3. The van der Waals surface area contributed by atoms with Crippen molar-refractivity contribution in [3.05, 3.63) is 30.5 Å². The molecule has 0 bridgehead atoms. The molecule has 2 N–H and O–H groups in total. The number of hydrogen-bond acceptors (Lipinski definition) is 3. The van der Waals surface area contributed by atoms with E-state index in [-0.39, 0.29) is 5.97 Å². The molecule has 4 heteroatoms. The van der Waals surface area contributed by atoms with E-state index in [0.29, 0.717) is 13.0 Å². The number of para-hydroxylation sites is 1. The maximum atomic E-state index is 11.2. The van der Waals surface area contributed by atoms with Gasteiger partial charge < -0.3 is 15.0 Å². The Balaban J connectivity index is 1.80. The van der Waals surface area contributed by atoms with E-state index < -0.39 is 0 Å². The summed E-state index contributed by atoms with van der Waals surface area (Å²) in [6, 6.07) is 8.06. The van der Waals surface area contributed by atoms with E-state index >= 15 is 0 Å². The number of aromatic nitrogens is 1. The van der Waals surface area contributed by atoms with E-state index in [2.05, 4.69) is 22.9 Å². The second-order valence-electron chi connectivity index (χ2n) is 4.91. The zero-order valence-electron chi connectivity index (χ0n) is 12.0. The number of nitrogens with zero attached hydrogens (tertiary/aromatic N) is 1. The molecule has 0 unspecified atom stereocenters. The molecule has 0 saturated heterocycles. The Kier molecular flexibility index (Phi) is 5.04. The molecule has 0 aliphatic heterocycles. The summed E-state index contributed by atoms with van der Waals surface area (Å²) < 4.78 is 7.10.